The van der Waals surface area contributed by atoms with E-state index in [0.29, 0.717) is 45.6 Å². The van der Waals surface area contributed by atoms with Crippen LogP contribution in [0.4, 0.5) is 5.69 Å². The van der Waals surface area contributed by atoms with Gasteiger partial charge < -0.3 is 14.8 Å². The fourth-order valence-electron chi connectivity index (χ4n) is 2.67. The number of nitrogens with one attached hydrogen (secondary N) is 1. The molecule has 0 aliphatic carbocycles. The van der Waals surface area contributed by atoms with E-state index in [0.717, 1.165) is 10.9 Å². The molecule has 2 aromatic carbocycles. The standard InChI is InChI=1S/C19H17ClIN4O4PS/c1-28-16-9-11(3-6-15(16)29-8-7-26)18(27)24-19(31-2)23-13-4-5-14-12(17(13)20)10-22-25(14)30-21/h3-7,9-10,30H,8H2,1-2H3,(H,23,24,27). The third kappa shape index (κ3) is 5.49. The monoisotopic (exact) mass is 590 g/mol. The maximum atomic E-state index is 12.7. The summed E-state index contributed by atoms with van der Waals surface area (Å²) in [5.74, 6) is 0.348. The van der Waals surface area contributed by atoms with Crippen molar-refractivity contribution < 1.29 is 19.1 Å². The minimum absolute atomic E-state index is 0.104. The van der Waals surface area contributed by atoms with Gasteiger partial charge in [0.25, 0.3) is 5.91 Å². The number of hydrogen-bond acceptors (Lipinski definition) is 7. The number of benzene rings is 2. The van der Waals surface area contributed by atoms with Crippen molar-refractivity contribution in [1.29, 1.82) is 0 Å². The molecule has 1 amide bonds. The van der Waals surface area contributed by atoms with Crippen LogP contribution >= 0.6 is 51.8 Å². The normalized spacial score (nSPS) is 11.8. The summed E-state index contributed by atoms with van der Waals surface area (Å²) in [6, 6.07) is 8.38. The van der Waals surface area contributed by atoms with Crippen LogP contribution in [0.15, 0.2) is 41.5 Å². The summed E-state index contributed by atoms with van der Waals surface area (Å²) >= 11 is 10.1. The third-order valence-electron chi connectivity index (χ3n) is 4.12. The van der Waals surface area contributed by atoms with Crippen molar-refractivity contribution in [2.45, 2.75) is 0 Å². The fourth-order valence-corrected chi connectivity index (χ4v) is 4.84. The minimum atomic E-state index is -0.371. The molecule has 0 aliphatic heterocycles. The molecule has 8 nitrogen and oxygen atoms in total. The largest absolute Gasteiger partial charge is 0.493 e. The molecule has 1 heterocycles. The number of aldehydes is 1. The molecule has 12 heteroatoms. The first kappa shape index (κ1) is 23.8. The van der Waals surface area contributed by atoms with Crippen molar-refractivity contribution in [2.75, 3.05) is 20.0 Å². The number of hydrogen-bond donors (Lipinski definition) is 1. The zero-order chi connectivity index (χ0) is 22.4. The van der Waals surface area contributed by atoms with Crippen molar-refractivity contribution in [3.63, 3.8) is 0 Å². The molecular formula is C19H17ClIN4O4PS. The van der Waals surface area contributed by atoms with E-state index in [1.165, 1.54) is 24.9 Å². The summed E-state index contributed by atoms with van der Waals surface area (Å²) in [6.45, 7) is -0.104. The zero-order valence-corrected chi connectivity index (χ0v) is 21.1. The van der Waals surface area contributed by atoms with Gasteiger partial charge in [0.2, 0.25) is 0 Å². The Hall–Kier alpha value is -1.88. The number of ether oxygens (including phenoxy) is 2. The second-order valence-electron chi connectivity index (χ2n) is 5.89. The van der Waals surface area contributed by atoms with Crippen LogP contribution < -0.4 is 14.8 Å². The van der Waals surface area contributed by atoms with Crippen LogP contribution in [0.1, 0.15) is 10.4 Å². The molecule has 0 aliphatic rings. The number of aliphatic imine (C=N–C) groups is 1. The molecule has 1 N–H and O–H groups in total. The first-order chi connectivity index (χ1) is 15.0. The van der Waals surface area contributed by atoms with E-state index in [4.69, 9.17) is 21.1 Å². The molecule has 3 aromatic rings. The number of nitrogens with zero attached hydrogens (tertiary/aromatic N) is 3. The second-order valence-corrected chi connectivity index (χ2v) is 9.10. The van der Waals surface area contributed by atoms with Crippen LogP contribution in [0.25, 0.3) is 10.9 Å². The van der Waals surface area contributed by atoms with Gasteiger partial charge in [0.1, 0.15) is 6.61 Å². The predicted molar refractivity (Wildman–Crippen MR) is 135 cm³/mol. The molecular weight excluding hydrogens is 574 g/mol. The van der Waals surface area contributed by atoms with Gasteiger partial charge >= 0.3 is 0 Å². The van der Waals surface area contributed by atoms with Crippen LogP contribution in [0, 0.1) is 0 Å². The smallest absolute Gasteiger partial charge is 0.257 e. The summed E-state index contributed by atoms with van der Waals surface area (Å²) < 4.78 is 12.4. The highest BCUT2D eigenvalue weighted by Crippen LogP contribution is 2.37. The van der Waals surface area contributed by atoms with E-state index in [9.17, 15) is 9.59 Å². The van der Waals surface area contributed by atoms with Gasteiger partial charge in [-0.05, 0) is 58.6 Å². The molecule has 0 saturated carbocycles. The topological polar surface area (TPSA) is 94.8 Å². The SMILES string of the molecule is COc1cc(C(=O)NC(=Nc2ccc3c(cnn3PI)c2Cl)SC)ccc1OCC=O. The Morgan fingerprint density at radius 3 is 2.87 bits per heavy atom. The van der Waals surface area contributed by atoms with Crippen molar-refractivity contribution in [3.8, 4) is 11.5 Å². The molecule has 0 fully saturated rings. The first-order valence-corrected chi connectivity index (χ1v) is 14.4. The van der Waals surface area contributed by atoms with Gasteiger partial charge in [-0.1, -0.05) is 23.4 Å². The maximum Gasteiger partial charge on any atom is 0.257 e. The predicted octanol–water partition coefficient (Wildman–Crippen LogP) is 4.85. The highest BCUT2D eigenvalue weighted by Gasteiger charge is 2.15. The molecule has 3 rings (SSSR count). The van der Waals surface area contributed by atoms with Gasteiger partial charge in [0.05, 0.1) is 35.9 Å². The van der Waals surface area contributed by atoms with Crippen molar-refractivity contribution >= 4 is 85.7 Å². The number of rotatable bonds is 7. The Kier molecular flexibility index (Phi) is 8.53. The van der Waals surface area contributed by atoms with Crippen LogP contribution in [0.2, 0.25) is 5.02 Å². The highest BCUT2D eigenvalue weighted by atomic mass is 127. The molecule has 0 saturated heterocycles. The number of fused-ring (bicyclic) bond motifs is 1. The zero-order valence-electron chi connectivity index (χ0n) is 16.4. The third-order valence-corrected chi connectivity index (χ3v) is 6.98. The molecule has 0 bridgehead atoms. The van der Waals surface area contributed by atoms with Gasteiger partial charge in [0, 0.05) is 10.9 Å². The van der Waals surface area contributed by atoms with Gasteiger partial charge in [-0.15, -0.1) is 0 Å². The van der Waals surface area contributed by atoms with Crippen molar-refractivity contribution in [2.24, 2.45) is 4.99 Å². The maximum absolute atomic E-state index is 12.7. The summed E-state index contributed by atoms with van der Waals surface area (Å²) in [6.07, 6.45) is 4.61. The molecule has 1 unspecified atom stereocenters. The number of thioether (sulfide) groups is 1. The number of amidine groups is 1. The quantitative estimate of drug-likeness (QED) is 0.139. The summed E-state index contributed by atoms with van der Waals surface area (Å²) in [4.78, 5) is 27.8. The highest BCUT2D eigenvalue weighted by molar-refractivity contribution is 14.2. The van der Waals surface area contributed by atoms with Gasteiger partial charge in [-0.3, -0.25) is 9.59 Å². The van der Waals surface area contributed by atoms with Crippen LogP contribution in [0.3, 0.4) is 0 Å². The van der Waals surface area contributed by atoms with Gasteiger partial charge in [-0.2, -0.15) is 5.10 Å². The fraction of sp³-hybridized carbons (Fsp3) is 0.158. The van der Waals surface area contributed by atoms with E-state index >= 15 is 0 Å². The van der Waals surface area contributed by atoms with Crippen molar-refractivity contribution in [3.05, 3.63) is 47.1 Å². The molecule has 31 heavy (non-hydrogen) atoms. The molecule has 0 radical (unpaired) electrons. The average Bonchev–Trinajstić information content (AvgIpc) is 3.22. The Morgan fingerprint density at radius 2 is 2.19 bits per heavy atom. The Morgan fingerprint density at radius 1 is 1.39 bits per heavy atom. The number of carbonyl (C=O) groups is 2. The summed E-state index contributed by atoms with van der Waals surface area (Å²) in [7, 11) is 1.46. The molecule has 162 valence electrons. The summed E-state index contributed by atoms with van der Waals surface area (Å²) in [5, 5.41) is 8.75. The first-order valence-electron chi connectivity index (χ1n) is 8.73. The number of carbonyl (C=O) groups excluding carboxylic acids is 2. The molecule has 0 spiro atoms. The van der Waals surface area contributed by atoms with Crippen LogP contribution in [0.5, 0.6) is 11.5 Å². The van der Waals surface area contributed by atoms with Gasteiger partial charge in [-0.25, -0.2) is 9.44 Å². The van der Waals surface area contributed by atoms with E-state index < -0.39 is 0 Å². The number of halogens is 2. The second kappa shape index (κ2) is 11.1. The average molecular weight is 591 g/mol. The van der Waals surface area contributed by atoms with Crippen LogP contribution in [-0.2, 0) is 4.79 Å². The molecule has 1 atom stereocenters. The van der Waals surface area contributed by atoms with E-state index in [-0.39, 0.29) is 12.5 Å². The van der Waals surface area contributed by atoms with Crippen LogP contribution in [-0.4, -0.2) is 46.9 Å². The number of methoxy groups -OCH3 is 1. The number of amides is 1. The Balaban J connectivity index is 1.84. The lowest BCUT2D eigenvalue weighted by atomic mass is 10.2. The number of aromatic nitrogens is 2. The lowest BCUT2D eigenvalue weighted by molar-refractivity contribution is -0.109. The lowest BCUT2D eigenvalue weighted by Crippen LogP contribution is -2.28. The Labute approximate surface area is 202 Å². The van der Waals surface area contributed by atoms with E-state index in [1.807, 2.05) is 10.5 Å². The molecule has 1 aromatic heterocycles. The Bertz CT molecular complexity index is 1160. The minimum Gasteiger partial charge on any atom is -0.493 e. The van der Waals surface area contributed by atoms with Gasteiger partial charge in [0.15, 0.2) is 23.0 Å². The van der Waals surface area contributed by atoms with E-state index in [2.05, 4.69) is 37.4 Å². The van der Waals surface area contributed by atoms with E-state index in [1.54, 1.807) is 30.7 Å². The lowest BCUT2D eigenvalue weighted by Gasteiger charge is -2.11. The summed E-state index contributed by atoms with van der Waals surface area (Å²) in [5.41, 5.74) is 1.81. The van der Waals surface area contributed by atoms with Crippen molar-refractivity contribution in [1.82, 2.24) is 14.9 Å².